The largest absolute Gasteiger partial charge is 0.509 e. The van der Waals surface area contributed by atoms with Crippen molar-refractivity contribution in [3.05, 3.63) is 35.4 Å². The Hall–Kier alpha value is -2.02. The highest BCUT2D eigenvalue weighted by Gasteiger charge is 2.16. The minimum atomic E-state index is -0.917. The van der Waals surface area contributed by atoms with Gasteiger partial charge in [0.15, 0.2) is 0 Å². The molecule has 1 atom stereocenters. The van der Waals surface area contributed by atoms with Crippen LogP contribution in [0.4, 0.5) is 4.79 Å². The fourth-order valence-electron chi connectivity index (χ4n) is 1.16. The Morgan fingerprint density at radius 1 is 1.44 bits per heavy atom. The van der Waals surface area contributed by atoms with Crippen molar-refractivity contribution in [1.29, 1.82) is 5.26 Å². The predicted octanol–water partition coefficient (Wildman–Crippen LogP) is 2.73. The van der Waals surface area contributed by atoms with Crippen molar-refractivity contribution in [3.63, 3.8) is 0 Å². The van der Waals surface area contributed by atoms with E-state index in [0.29, 0.717) is 5.56 Å². The summed E-state index contributed by atoms with van der Waals surface area (Å²) in [6, 6.07) is 9.12. The lowest BCUT2D eigenvalue weighted by atomic mass is 10.1. The van der Waals surface area contributed by atoms with Crippen LogP contribution in [0.1, 0.15) is 24.2 Å². The van der Waals surface area contributed by atoms with Crippen LogP contribution in [-0.4, -0.2) is 12.8 Å². The van der Waals surface area contributed by atoms with Gasteiger partial charge >= 0.3 is 6.16 Å². The first-order valence-corrected chi connectivity index (χ1v) is 4.97. The number of nitrogens with zero attached hydrogens (tertiary/aromatic N) is 1. The molecule has 16 heavy (non-hydrogen) atoms. The molecule has 0 aliphatic carbocycles. The van der Waals surface area contributed by atoms with Crippen LogP contribution in [0, 0.1) is 18.3 Å². The highest BCUT2D eigenvalue weighted by Crippen LogP contribution is 2.17. The van der Waals surface area contributed by atoms with Crippen molar-refractivity contribution in [2.24, 2.45) is 0 Å². The van der Waals surface area contributed by atoms with E-state index >= 15 is 0 Å². The summed E-state index contributed by atoms with van der Waals surface area (Å²) < 4.78 is 9.45. The van der Waals surface area contributed by atoms with E-state index in [4.69, 9.17) is 10.00 Å². The fraction of sp³-hybridized carbons (Fsp3) is 0.333. The van der Waals surface area contributed by atoms with Crippen molar-refractivity contribution in [3.8, 4) is 6.07 Å². The van der Waals surface area contributed by atoms with Gasteiger partial charge in [-0.15, -0.1) is 0 Å². The summed E-state index contributed by atoms with van der Waals surface area (Å²) in [7, 11) is 0. The first kappa shape index (κ1) is 12.1. The number of rotatable bonds is 3. The highest BCUT2D eigenvalue weighted by molar-refractivity contribution is 5.60. The van der Waals surface area contributed by atoms with Gasteiger partial charge < -0.3 is 9.47 Å². The van der Waals surface area contributed by atoms with Crippen LogP contribution in [-0.2, 0) is 9.47 Å². The SMILES string of the molecule is CCOC(=O)OC(C#N)c1ccc(C)cc1. The lowest BCUT2D eigenvalue weighted by Crippen LogP contribution is -2.11. The summed E-state index contributed by atoms with van der Waals surface area (Å²) in [6.45, 7) is 3.84. The van der Waals surface area contributed by atoms with E-state index in [2.05, 4.69) is 4.74 Å². The molecule has 1 rings (SSSR count). The quantitative estimate of drug-likeness (QED) is 0.733. The van der Waals surface area contributed by atoms with Gasteiger partial charge in [0.1, 0.15) is 6.07 Å². The maximum absolute atomic E-state index is 11.1. The maximum atomic E-state index is 11.1. The molecule has 0 spiro atoms. The third-order valence-corrected chi connectivity index (χ3v) is 1.97. The third kappa shape index (κ3) is 3.28. The standard InChI is InChI=1S/C12H13NO3/c1-3-15-12(14)16-11(8-13)10-6-4-9(2)5-7-10/h4-7,11H,3H2,1-2H3. The second kappa shape index (κ2) is 5.76. The Bertz CT molecular complexity index is 392. The van der Waals surface area contributed by atoms with E-state index in [-0.39, 0.29) is 6.61 Å². The molecule has 0 aliphatic heterocycles. The van der Waals surface area contributed by atoms with Crippen LogP contribution in [0.2, 0.25) is 0 Å². The molecule has 0 heterocycles. The number of ether oxygens (including phenoxy) is 2. The zero-order chi connectivity index (χ0) is 12.0. The first-order chi connectivity index (χ1) is 7.67. The number of carbonyl (C=O) groups is 1. The first-order valence-electron chi connectivity index (χ1n) is 4.97. The molecule has 0 saturated carbocycles. The summed E-state index contributed by atoms with van der Waals surface area (Å²) in [4.78, 5) is 11.1. The Labute approximate surface area is 94.4 Å². The van der Waals surface area contributed by atoms with Crippen molar-refractivity contribution in [1.82, 2.24) is 0 Å². The maximum Gasteiger partial charge on any atom is 0.509 e. The molecule has 1 aromatic carbocycles. The number of benzene rings is 1. The van der Waals surface area contributed by atoms with Gasteiger partial charge in [0.2, 0.25) is 6.10 Å². The summed E-state index contributed by atoms with van der Waals surface area (Å²) in [6.07, 6.45) is -1.74. The minimum Gasteiger partial charge on any atom is -0.435 e. The highest BCUT2D eigenvalue weighted by atomic mass is 16.7. The number of aryl methyl sites for hydroxylation is 1. The Morgan fingerprint density at radius 2 is 2.06 bits per heavy atom. The predicted molar refractivity (Wildman–Crippen MR) is 57.6 cm³/mol. The molecular weight excluding hydrogens is 206 g/mol. The van der Waals surface area contributed by atoms with Gasteiger partial charge in [0.05, 0.1) is 6.61 Å². The zero-order valence-electron chi connectivity index (χ0n) is 9.27. The van der Waals surface area contributed by atoms with Crippen molar-refractivity contribution < 1.29 is 14.3 Å². The average molecular weight is 219 g/mol. The number of hydrogen-bond acceptors (Lipinski definition) is 4. The van der Waals surface area contributed by atoms with Crippen molar-refractivity contribution in [2.45, 2.75) is 20.0 Å². The van der Waals surface area contributed by atoms with Gasteiger partial charge in [-0.1, -0.05) is 29.8 Å². The zero-order valence-corrected chi connectivity index (χ0v) is 9.27. The summed E-state index contributed by atoms with van der Waals surface area (Å²) >= 11 is 0. The molecule has 0 aliphatic rings. The van der Waals surface area contributed by atoms with Crippen LogP contribution in [0.25, 0.3) is 0 Å². The van der Waals surface area contributed by atoms with Gasteiger partial charge in [-0.2, -0.15) is 5.26 Å². The van der Waals surface area contributed by atoms with Gasteiger partial charge in [-0.3, -0.25) is 0 Å². The monoisotopic (exact) mass is 219 g/mol. The summed E-state index contributed by atoms with van der Waals surface area (Å²) in [5.74, 6) is 0. The van der Waals surface area contributed by atoms with Crippen molar-refractivity contribution in [2.75, 3.05) is 6.61 Å². The lowest BCUT2D eigenvalue weighted by molar-refractivity contribution is 0.0421. The summed E-state index contributed by atoms with van der Waals surface area (Å²) in [5, 5.41) is 8.88. The molecule has 84 valence electrons. The topological polar surface area (TPSA) is 59.3 Å². The Balaban J connectivity index is 2.72. The Kier molecular flexibility index (Phi) is 4.34. The van der Waals surface area contributed by atoms with Crippen LogP contribution in [0.15, 0.2) is 24.3 Å². The number of hydrogen-bond donors (Lipinski definition) is 0. The molecule has 0 aromatic heterocycles. The van der Waals surface area contributed by atoms with Crippen molar-refractivity contribution >= 4 is 6.16 Å². The molecule has 0 N–H and O–H groups in total. The minimum absolute atomic E-state index is 0.227. The van der Waals surface area contributed by atoms with Gasteiger partial charge in [-0.25, -0.2) is 4.79 Å². The van der Waals surface area contributed by atoms with E-state index in [0.717, 1.165) is 5.56 Å². The lowest BCUT2D eigenvalue weighted by Gasteiger charge is -2.10. The van der Waals surface area contributed by atoms with Gasteiger partial charge in [0, 0.05) is 5.56 Å². The average Bonchev–Trinajstić information content (AvgIpc) is 2.27. The van der Waals surface area contributed by atoms with E-state index < -0.39 is 12.3 Å². The van der Waals surface area contributed by atoms with Gasteiger partial charge in [0.25, 0.3) is 0 Å². The molecule has 0 bridgehead atoms. The smallest absolute Gasteiger partial charge is 0.435 e. The molecule has 0 radical (unpaired) electrons. The molecule has 0 amide bonds. The van der Waals surface area contributed by atoms with Crippen LogP contribution in [0.5, 0.6) is 0 Å². The van der Waals surface area contributed by atoms with Gasteiger partial charge in [-0.05, 0) is 13.8 Å². The molecule has 4 nitrogen and oxygen atoms in total. The second-order valence-electron chi connectivity index (χ2n) is 3.22. The molecular formula is C12H13NO3. The fourth-order valence-corrected chi connectivity index (χ4v) is 1.16. The molecule has 4 heteroatoms. The second-order valence-corrected chi connectivity index (χ2v) is 3.22. The number of nitriles is 1. The number of carbonyl (C=O) groups excluding carboxylic acids is 1. The van der Waals surface area contributed by atoms with Crippen LogP contribution >= 0.6 is 0 Å². The van der Waals surface area contributed by atoms with E-state index in [9.17, 15) is 4.79 Å². The molecule has 0 saturated heterocycles. The normalized spacial score (nSPS) is 11.3. The van der Waals surface area contributed by atoms with E-state index in [1.807, 2.05) is 25.1 Å². The van der Waals surface area contributed by atoms with E-state index in [1.54, 1.807) is 19.1 Å². The third-order valence-electron chi connectivity index (χ3n) is 1.97. The molecule has 0 fully saturated rings. The Morgan fingerprint density at radius 3 is 2.56 bits per heavy atom. The summed E-state index contributed by atoms with van der Waals surface area (Å²) in [5.41, 5.74) is 1.72. The molecule has 1 unspecified atom stereocenters. The molecule has 1 aromatic rings. The van der Waals surface area contributed by atoms with Crippen LogP contribution < -0.4 is 0 Å². The van der Waals surface area contributed by atoms with Crippen LogP contribution in [0.3, 0.4) is 0 Å². The van der Waals surface area contributed by atoms with E-state index in [1.165, 1.54) is 0 Å².